The van der Waals surface area contributed by atoms with E-state index in [-0.39, 0.29) is 17.5 Å². The van der Waals surface area contributed by atoms with Gasteiger partial charge < -0.3 is 14.5 Å². The fourth-order valence-corrected chi connectivity index (χ4v) is 4.68. The van der Waals surface area contributed by atoms with Crippen molar-refractivity contribution in [2.24, 2.45) is 0 Å². The number of methoxy groups -OCH3 is 1. The van der Waals surface area contributed by atoms with Crippen LogP contribution in [0, 0.1) is 0 Å². The zero-order chi connectivity index (χ0) is 23.6. The number of amides is 1. The molecular weight excluding hydrogens is 457 g/mol. The van der Waals surface area contributed by atoms with E-state index in [4.69, 9.17) is 16.3 Å². The summed E-state index contributed by atoms with van der Waals surface area (Å²) in [6, 6.07) is 6.71. The summed E-state index contributed by atoms with van der Waals surface area (Å²) >= 11 is 6.13. The van der Waals surface area contributed by atoms with Gasteiger partial charge in [-0.25, -0.2) is 4.98 Å². The van der Waals surface area contributed by atoms with Crippen LogP contribution in [-0.2, 0) is 17.4 Å². The average Bonchev–Trinajstić information content (AvgIpc) is 3.03. The molecule has 1 amide bonds. The third-order valence-electron chi connectivity index (χ3n) is 6.10. The average molecular weight is 483 g/mol. The summed E-state index contributed by atoms with van der Waals surface area (Å²) in [5.41, 5.74) is 1.18. The number of aromatic nitrogens is 1. The first-order valence-electron chi connectivity index (χ1n) is 10.9. The zero-order valence-electron chi connectivity index (χ0n) is 18.4. The molecule has 4 rings (SSSR count). The van der Waals surface area contributed by atoms with Gasteiger partial charge >= 0.3 is 6.18 Å². The molecule has 6 nitrogen and oxygen atoms in total. The zero-order valence-corrected chi connectivity index (χ0v) is 19.1. The predicted octanol–water partition coefficient (Wildman–Crippen LogP) is 4.25. The summed E-state index contributed by atoms with van der Waals surface area (Å²) < 4.78 is 44.0. The third-order valence-corrected chi connectivity index (χ3v) is 6.38. The van der Waals surface area contributed by atoms with Crippen molar-refractivity contribution in [1.29, 1.82) is 0 Å². The number of nitrogens with zero attached hydrogens (tertiary/aromatic N) is 4. The van der Waals surface area contributed by atoms with Gasteiger partial charge in [-0.1, -0.05) is 11.6 Å². The van der Waals surface area contributed by atoms with Gasteiger partial charge in [0.1, 0.15) is 11.6 Å². The molecule has 33 heavy (non-hydrogen) atoms. The number of ether oxygens (including phenoxy) is 1. The number of anilines is 2. The highest BCUT2D eigenvalue weighted by atomic mass is 35.5. The van der Waals surface area contributed by atoms with Crippen molar-refractivity contribution in [3.05, 3.63) is 46.6 Å². The highest BCUT2D eigenvalue weighted by Crippen LogP contribution is 2.34. The molecule has 0 spiro atoms. The number of hydrogen-bond acceptors (Lipinski definition) is 5. The van der Waals surface area contributed by atoms with Crippen LogP contribution in [0.15, 0.2) is 30.5 Å². The van der Waals surface area contributed by atoms with Gasteiger partial charge in [0.05, 0.1) is 24.2 Å². The van der Waals surface area contributed by atoms with Crippen molar-refractivity contribution in [2.45, 2.75) is 25.4 Å². The molecule has 2 aliphatic heterocycles. The first-order chi connectivity index (χ1) is 15.8. The molecule has 0 bridgehead atoms. The number of aryl methyl sites for hydroxylation is 1. The highest BCUT2D eigenvalue weighted by molar-refractivity contribution is 6.33. The van der Waals surface area contributed by atoms with Crippen molar-refractivity contribution in [1.82, 2.24) is 9.88 Å². The lowest BCUT2D eigenvalue weighted by Crippen LogP contribution is -2.43. The van der Waals surface area contributed by atoms with Crippen molar-refractivity contribution in [2.75, 3.05) is 56.2 Å². The lowest BCUT2D eigenvalue weighted by molar-refractivity contribution is -0.137. The molecule has 0 N–H and O–H groups in total. The van der Waals surface area contributed by atoms with Crippen LogP contribution in [0.25, 0.3) is 0 Å². The highest BCUT2D eigenvalue weighted by Gasteiger charge is 2.32. The Hall–Kier alpha value is -2.52. The molecule has 1 aromatic heterocycles. The molecule has 1 aromatic carbocycles. The van der Waals surface area contributed by atoms with E-state index in [1.54, 1.807) is 7.11 Å². The summed E-state index contributed by atoms with van der Waals surface area (Å²) in [6.07, 6.45) is -1.10. The second-order valence-electron chi connectivity index (χ2n) is 8.29. The molecule has 178 valence electrons. The molecule has 1 fully saturated rings. The lowest BCUT2D eigenvalue weighted by Gasteiger charge is -2.31. The van der Waals surface area contributed by atoms with Gasteiger partial charge in [0.2, 0.25) is 5.91 Å². The number of carbonyl (C=O) groups is 1. The van der Waals surface area contributed by atoms with E-state index in [2.05, 4.69) is 9.88 Å². The third kappa shape index (κ3) is 5.35. The second-order valence-corrected chi connectivity index (χ2v) is 8.69. The van der Waals surface area contributed by atoms with E-state index in [1.807, 2.05) is 28.0 Å². The molecule has 0 unspecified atom stereocenters. The van der Waals surface area contributed by atoms with Crippen LogP contribution in [-0.4, -0.2) is 62.2 Å². The van der Waals surface area contributed by atoms with E-state index < -0.39 is 11.7 Å². The van der Waals surface area contributed by atoms with E-state index in [0.717, 1.165) is 48.5 Å². The molecule has 2 aromatic rings. The molecule has 10 heteroatoms. The molecule has 2 aliphatic rings. The largest absolute Gasteiger partial charge is 0.497 e. The van der Waals surface area contributed by atoms with Crippen molar-refractivity contribution in [3.63, 3.8) is 0 Å². The van der Waals surface area contributed by atoms with Crippen molar-refractivity contribution in [3.8, 4) is 5.75 Å². The number of halogens is 4. The lowest BCUT2D eigenvalue weighted by atomic mass is 10.0. The Bertz CT molecular complexity index is 1020. The first kappa shape index (κ1) is 23.6. The molecule has 0 aliphatic carbocycles. The molecule has 0 saturated carbocycles. The Balaban J connectivity index is 1.40. The number of hydrogen-bond donors (Lipinski definition) is 0. The normalized spacial score (nSPS) is 17.5. The van der Waals surface area contributed by atoms with Gasteiger partial charge in [-0.15, -0.1) is 0 Å². The van der Waals surface area contributed by atoms with Gasteiger partial charge in [-0.3, -0.25) is 9.69 Å². The molecular formula is C23H26ClF3N4O2. The summed E-state index contributed by atoms with van der Waals surface area (Å²) in [4.78, 5) is 22.9. The number of fused-ring (bicyclic) bond motifs is 1. The second kappa shape index (κ2) is 9.77. The van der Waals surface area contributed by atoms with Crippen LogP contribution in [0.1, 0.15) is 24.0 Å². The Morgan fingerprint density at radius 1 is 1.12 bits per heavy atom. The van der Waals surface area contributed by atoms with Gasteiger partial charge in [0.25, 0.3) is 0 Å². The Kier molecular flexibility index (Phi) is 6.99. The fourth-order valence-electron chi connectivity index (χ4n) is 4.40. The van der Waals surface area contributed by atoms with E-state index >= 15 is 0 Å². The van der Waals surface area contributed by atoms with Crippen LogP contribution >= 0.6 is 11.6 Å². The van der Waals surface area contributed by atoms with Crippen molar-refractivity contribution < 1.29 is 22.7 Å². The standard InChI is InChI=1S/C23H26ClF3N4O2/c1-33-18-5-6-20-16(12-18)4-2-9-31(20)21(32)15-29-7-3-8-30(11-10-29)22-19(24)13-17(14-28-22)23(25,26)27/h5-6,12-14H,2-4,7-11,15H2,1H3. The minimum atomic E-state index is -4.48. The van der Waals surface area contributed by atoms with Crippen molar-refractivity contribution >= 4 is 29.0 Å². The van der Waals surface area contributed by atoms with E-state index in [9.17, 15) is 18.0 Å². The number of pyridine rings is 1. The number of benzene rings is 1. The quantitative estimate of drug-likeness (QED) is 0.652. The van der Waals surface area contributed by atoms with Crippen LogP contribution < -0.4 is 14.5 Å². The van der Waals surface area contributed by atoms with E-state index in [0.29, 0.717) is 38.5 Å². The topological polar surface area (TPSA) is 48.9 Å². The van der Waals surface area contributed by atoms with Gasteiger partial charge in [-0.2, -0.15) is 13.2 Å². The summed E-state index contributed by atoms with van der Waals surface area (Å²) in [5.74, 6) is 1.17. The SMILES string of the molecule is COc1ccc2c(c1)CCCN2C(=O)CN1CCCN(c2ncc(C(F)(F)F)cc2Cl)CC1. The molecule has 0 atom stereocenters. The molecule has 3 heterocycles. The van der Waals surface area contributed by atoms with E-state index in [1.165, 1.54) is 0 Å². The minimum Gasteiger partial charge on any atom is -0.497 e. The summed E-state index contributed by atoms with van der Waals surface area (Å²) in [6.45, 7) is 3.41. The smallest absolute Gasteiger partial charge is 0.417 e. The van der Waals surface area contributed by atoms with Crippen LogP contribution in [0.5, 0.6) is 5.75 Å². The van der Waals surface area contributed by atoms with Gasteiger partial charge in [-0.05, 0) is 49.1 Å². The maximum absolute atomic E-state index is 13.1. The maximum atomic E-state index is 13.1. The van der Waals surface area contributed by atoms with Crippen LogP contribution in [0.3, 0.4) is 0 Å². The predicted molar refractivity (Wildman–Crippen MR) is 121 cm³/mol. The first-order valence-corrected chi connectivity index (χ1v) is 11.3. The van der Waals surface area contributed by atoms with Crippen LogP contribution in [0.4, 0.5) is 24.7 Å². The Morgan fingerprint density at radius 3 is 2.67 bits per heavy atom. The van der Waals surface area contributed by atoms with Gasteiger partial charge in [0, 0.05) is 44.6 Å². The van der Waals surface area contributed by atoms with Gasteiger partial charge in [0.15, 0.2) is 0 Å². The summed E-state index contributed by atoms with van der Waals surface area (Å²) in [5, 5.41) is -0.0188. The number of rotatable bonds is 4. The minimum absolute atomic E-state index is 0.0188. The maximum Gasteiger partial charge on any atom is 0.417 e. The Labute approximate surface area is 195 Å². The number of alkyl halides is 3. The molecule has 0 radical (unpaired) electrons. The molecule has 1 saturated heterocycles. The monoisotopic (exact) mass is 482 g/mol. The van der Waals surface area contributed by atoms with Crippen LogP contribution in [0.2, 0.25) is 5.02 Å². The fraction of sp³-hybridized carbons (Fsp3) is 0.478. The Morgan fingerprint density at radius 2 is 1.94 bits per heavy atom. The number of carbonyl (C=O) groups excluding carboxylic acids is 1. The summed E-state index contributed by atoms with van der Waals surface area (Å²) in [7, 11) is 1.63.